The quantitative estimate of drug-likeness (QED) is 0.842. The lowest BCUT2D eigenvalue weighted by Crippen LogP contribution is -2.49. The van der Waals surface area contributed by atoms with E-state index in [-0.39, 0.29) is 0 Å². The monoisotopic (exact) mass is 389 g/mol. The van der Waals surface area contributed by atoms with E-state index in [1.54, 1.807) is 0 Å². The predicted molar refractivity (Wildman–Crippen MR) is 99.8 cm³/mol. The summed E-state index contributed by atoms with van der Waals surface area (Å²) in [5.74, 6) is 1.06. The van der Waals surface area contributed by atoms with Gasteiger partial charge >= 0.3 is 0 Å². The summed E-state index contributed by atoms with van der Waals surface area (Å²) in [4.78, 5) is 13.2. The van der Waals surface area contributed by atoms with Crippen molar-refractivity contribution in [1.29, 1.82) is 0 Å². The van der Waals surface area contributed by atoms with Crippen molar-refractivity contribution in [3.63, 3.8) is 0 Å². The second-order valence-corrected chi connectivity index (χ2v) is 7.63. The van der Waals surface area contributed by atoms with Crippen molar-refractivity contribution in [3.05, 3.63) is 40.8 Å². The Labute approximate surface area is 151 Å². The smallest absolute Gasteiger partial charge is 0.120 e. The third-order valence-corrected chi connectivity index (χ3v) is 5.55. The molecule has 1 aromatic heterocycles. The molecule has 1 unspecified atom stereocenters. The first-order chi connectivity index (χ1) is 11.8. The average molecular weight is 390 g/mol. The number of H-pyrrole nitrogens is 1. The Bertz CT molecular complexity index is 680. The van der Waals surface area contributed by atoms with Crippen molar-refractivity contribution in [2.75, 3.05) is 39.3 Å². The topological polar surface area (TPSA) is 47.2 Å². The van der Waals surface area contributed by atoms with E-state index in [4.69, 9.17) is 0 Å². The highest BCUT2D eigenvalue weighted by molar-refractivity contribution is 9.10. The molecule has 0 aliphatic carbocycles. The molecule has 128 valence electrons. The maximum Gasteiger partial charge on any atom is 0.120 e. The van der Waals surface area contributed by atoms with E-state index >= 15 is 0 Å². The average Bonchev–Trinajstić information content (AvgIpc) is 3.26. The minimum atomic E-state index is 0.714. The van der Waals surface area contributed by atoms with Crippen molar-refractivity contribution in [3.8, 4) is 11.3 Å². The fraction of sp³-hybridized carbons (Fsp3) is 0.500. The van der Waals surface area contributed by atoms with Crippen LogP contribution in [0, 0.1) is 0 Å². The van der Waals surface area contributed by atoms with Crippen LogP contribution in [-0.4, -0.2) is 65.1 Å². The van der Waals surface area contributed by atoms with Crippen LogP contribution in [0.3, 0.4) is 0 Å². The molecule has 2 aromatic rings. The van der Waals surface area contributed by atoms with Crippen molar-refractivity contribution in [2.45, 2.75) is 19.0 Å². The zero-order valence-electron chi connectivity index (χ0n) is 13.8. The summed E-state index contributed by atoms with van der Waals surface area (Å²) in [6.07, 6.45) is 3.22. The van der Waals surface area contributed by atoms with Crippen LogP contribution in [0.4, 0.5) is 0 Å². The molecule has 2 fully saturated rings. The lowest BCUT2D eigenvalue weighted by Gasteiger charge is -2.32. The molecule has 0 radical (unpaired) electrons. The maximum absolute atomic E-state index is 4.59. The molecule has 0 amide bonds. The largest absolute Gasteiger partial charge is 0.341 e. The van der Waals surface area contributed by atoms with Gasteiger partial charge in [-0.3, -0.25) is 9.80 Å². The first-order valence-corrected chi connectivity index (χ1v) is 9.54. The Balaban J connectivity index is 1.36. The van der Waals surface area contributed by atoms with Crippen molar-refractivity contribution in [2.24, 2.45) is 0 Å². The van der Waals surface area contributed by atoms with E-state index in [9.17, 15) is 0 Å². The van der Waals surface area contributed by atoms with Crippen LogP contribution in [0.2, 0.25) is 0 Å². The predicted octanol–water partition coefficient (Wildman–Crippen LogP) is 2.32. The van der Waals surface area contributed by atoms with Gasteiger partial charge in [-0.2, -0.15) is 0 Å². The summed E-state index contributed by atoms with van der Waals surface area (Å²) >= 11 is 3.53. The number of hydrogen-bond acceptors (Lipinski definition) is 4. The number of imidazole rings is 1. The van der Waals surface area contributed by atoms with Gasteiger partial charge in [0.05, 0.1) is 18.4 Å². The molecule has 6 heteroatoms. The molecule has 2 aliphatic heterocycles. The Morgan fingerprint density at radius 2 is 2.08 bits per heavy atom. The van der Waals surface area contributed by atoms with Crippen LogP contribution >= 0.6 is 15.9 Å². The zero-order chi connectivity index (χ0) is 16.4. The van der Waals surface area contributed by atoms with E-state index in [0.29, 0.717) is 6.04 Å². The van der Waals surface area contributed by atoms with Gasteiger partial charge in [-0.1, -0.05) is 28.1 Å². The first-order valence-electron chi connectivity index (χ1n) is 8.75. The molecule has 4 rings (SSSR count). The van der Waals surface area contributed by atoms with Gasteiger partial charge in [0.2, 0.25) is 0 Å². The summed E-state index contributed by atoms with van der Waals surface area (Å²) in [6.45, 7) is 7.87. The van der Waals surface area contributed by atoms with Crippen LogP contribution in [-0.2, 0) is 6.54 Å². The number of hydrogen-bond donors (Lipinski definition) is 2. The molecular weight excluding hydrogens is 366 g/mol. The molecule has 0 spiro atoms. The summed E-state index contributed by atoms with van der Waals surface area (Å²) in [5.41, 5.74) is 2.26. The fourth-order valence-electron chi connectivity index (χ4n) is 3.76. The lowest BCUT2D eigenvalue weighted by molar-refractivity contribution is 0.170. The fourth-order valence-corrected chi connectivity index (χ4v) is 4.16. The summed E-state index contributed by atoms with van der Waals surface area (Å²) in [5, 5.41) is 3.44. The van der Waals surface area contributed by atoms with Crippen LogP contribution in [0.5, 0.6) is 0 Å². The number of benzene rings is 1. The minimum Gasteiger partial charge on any atom is -0.341 e. The molecule has 2 N–H and O–H groups in total. The molecule has 1 aromatic carbocycles. The third kappa shape index (κ3) is 3.72. The Kier molecular flexibility index (Phi) is 4.98. The SMILES string of the molecule is Brc1cccc(-c2cnc(CN3CCC(N4CCNCC4)C3)[nH]2)c1. The molecule has 1 atom stereocenters. The number of rotatable bonds is 4. The second-order valence-electron chi connectivity index (χ2n) is 6.72. The van der Waals surface area contributed by atoms with Gasteiger partial charge in [-0.15, -0.1) is 0 Å². The molecule has 24 heavy (non-hydrogen) atoms. The van der Waals surface area contributed by atoms with E-state index in [0.717, 1.165) is 42.2 Å². The number of halogens is 1. The Morgan fingerprint density at radius 3 is 2.92 bits per heavy atom. The van der Waals surface area contributed by atoms with Crippen molar-refractivity contribution >= 4 is 15.9 Å². The minimum absolute atomic E-state index is 0.714. The van der Waals surface area contributed by atoms with Crippen LogP contribution < -0.4 is 5.32 Å². The first kappa shape index (κ1) is 16.3. The number of likely N-dealkylation sites (tertiary alicyclic amines) is 1. The molecule has 0 bridgehead atoms. The molecule has 2 saturated heterocycles. The van der Waals surface area contributed by atoms with Gasteiger partial charge in [-0.05, 0) is 18.6 Å². The van der Waals surface area contributed by atoms with Gasteiger partial charge in [0.25, 0.3) is 0 Å². The highest BCUT2D eigenvalue weighted by Crippen LogP contribution is 2.22. The molecular formula is C18H24BrN5. The normalized spacial score (nSPS) is 23.0. The highest BCUT2D eigenvalue weighted by atomic mass is 79.9. The van der Waals surface area contributed by atoms with Crippen molar-refractivity contribution in [1.82, 2.24) is 25.1 Å². The van der Waals surface area contributed by atoms with Gasteiger partial charge in [0, 0.05) is 55.3 Å². The molecule has 2 aliphatic rings. The van der Waals surface area contributed by atoms with Gasteiger partial charge in [-0.25, -0.2) is 4.98 Å². The van der Waals surface area contributed by atoms with E-state index in [2.05, 4.69) is 59.2 Å². The van der Waals surface area contributed by atoms with E-state index < -0.39 is 0 Å². The van der Waals surface area contributed by atoms with Crippen LogP contribution in [0.15, 0.2) is 34.9 Å². The molecule has 5 nitrogen and oxygen atoms in total. The van der Waals surface area contributed by atoms with E-state index in [1.807, 2.05) is 12.3 Å². The maximum atomic E-state index is 4.59. The second kappa shape index (κ2) is 7.35. The molecule has 3 heterocycles. The molecule has 0 saturated carbocycles. The Hall–Kier alpha value is -1.21. The van der Waals surface area contributed by atoms with Crippen LogP contribution in [0.1, 0.15) is 12.2 Å². The summed E-state index contributed by atoms with van der Waals surface area (Å²) < 4.78 is 1.09. The number of aromatic amines is 1. The number of nitrogens with one attached hydrogen (secondary N) is 2. The highest BCUT2D eigenvalue weighted by Gasteiger charge is 2.28. The summed E-state index contributed by atoms with van der Waals surface area (Å²) in [6, 6.07) is 9.04. The van der Waals surface area contributed by atoms with Crippen molar-refractivity contribution < 1.29 is 0 Å². The van der Waals surface area contributed by atoms with Gasteiger partial charge in [0.15, 0.2) is 0 Å². The number of piperazine rings is 1. The third-order valence-electron chi connectivity index (χ3n) is 5.05. The number of aromatic nitrogens is 2. The van der Waals surface area contributed by atoms with E-state index in [1.165, 1.54) is 31.6 Å². The van der Waals surface area contributed by atoms with Gasteiger partial charge < -0.3 is 10.3 Å². The Morgan fingerprint density at radius 1 is 1.21 bits per heavy atom. The number of nitrogens with zero attached hydrogens (tertiary/aromatic N) is 3. The van der Waals surface area contributed by atoms with Gasteiger partial charge in [0.1, 0.15) is 5.82 Å². The zero-order valence-corrected chi connectivity index (χ0v) is 15.4. The standard InChI is InChI=1S/C18H24BrN5/c19-15-3-1-2-14(10-15)17-11-21-18(22-17)13-23-7-4-16(12-23)24-8-5-20-6-9-24/h1-3,10-11,16,20H,4-9,12-13H2,(H,21,22). The summed E-state index contributed by atoms with van der Waals surface area (Å²) in [7, 11) is 0. The van der Waals surface area contributed by atoms with Crippen LogP contribution in [0.25, 0.3) is 11.3 Å². The lowest BCUT2D eigenvalue weighted by atomic mass is 10.2.